The average molecular weight is 253 g/mol. The molecule has 18 heavy (non-hydrogen) atoms. The van der Waals surface area contributed by atoms with Gasteiger partial charge in [0.05, 0.1) is 25.4 Å². The van der Waals surface area contributed by atoms with Crippen LogP contribution < -0.4 is 5.73 Å². The minimum Gasteiger partial charge on any atom is -0.377 e. The molecule has 2 rings (SSSR count). The summed E-state index contributed by atoms with van der Waals surface area (Å²) in [7, 11) is 0. The van der Waals surface area contributed by atoms with Crippen LogP contribution in [0, 0.1) is 5.82 Å². The molecule has 0 saturated carbocycles. The summed E-state index contributed by atoms with van der Waals surface area (Å²) < 4.78 is 24.5. The summed E-state index contributed by atoms with van der Waals surface area (Å²) in [5, 5.41) is 0. The van der Waals surface area contributed by atoms with E-state index in [0.29, 0.717) is 18.8 Å². The Morgan fingerprint density at radius 3 is 2.94 bits per heavy atom. The monoisotopic (exact) mass is 253 g/mol. The molecule has 1 aliphatic heterocycles. The van der Waals surface area contributed by atoms with Crippen LogP contribution >= 0.6 is 0 Å². The SMILES string of the molecule is NC(COCC1CCCCO1)c1ccccc1F. The minimum atomic E-state index is -0.421. The molecular formula is C14H20FNO2. The van der Waals surface area contributed by atoms with E-state index >= 15 is 0 Å². The molecule has 0 spiro atoms. The second-order valence-electron chi connectivity index (χ2n) is 4.65. The van der Waals surface area contributed by atoms with E-state index in [4.69, 9.17) is 15.2 Å². The maximum atomic E-state index is 13.5. The van der Waals surface area contributed by atoms with Gasteiger partial charge in [-0.3, -0.25) is 0 Å². The average Bonchev–Trinajstić information content (AvgIpc) is 2.40. The van der Waals surface area contributed by atoms with Gasteiger partial charge in [0.1, 0.15) is 5.82 Å². The van der Waals surface area contributed by atoms with Crippen LogP contribution in [0.5, 0.6) is 0 Å². The van der Waals surface area contributed by atoms with Gasteiger partial charge in [-0.1, -0.05) is 18.2 Å². The van der Waals surface area contributed by atoms with Gasteiger partial charge in [-0.15, -0.1) is 0 Å². The number of nitrogens with two attached hydrogens (primary N) is 1. The summed E-state index contributed by atoms with van der Waals surface area (Å²) in [6, 6.07) is 6.12. The first kappa shape index (κ1) is 13.5. The fraction of sp³-hybridized carbons (Fsp3) is 0.571. The van der Waals surface area contributed by atoms with Crippen molar-refractivity contribution in [1.29, 1.82) is 0 Å². The van der Waals surface area contributed by atoms with Gasteiger partial charge in [0.25, 0.3) is 0 Å². The van der Waals surface area contributed by atoms with Gasteiger partial charge < -0.3 is 15.2 Å². The molecule has 1 aromatic rings. The first-order valence-corrected chi connectivity index (χ1v) is 6.46. The van der Waals surface area contributed by atoms with Gasteiger partial charge in [0, 0.05) is 12.2 Å². The zero-order valence-corrected chi connectivity index (χ0v) is 10.5. The molecule has 1 saturated heterocycles. The molecule has 0 aromatic heterocycles. The van der Waals surface area contributed by atoms with Crippen LogP contribution in [0.1, 0.15) is 30.9 Å². The van der Waals surface area contributed by atoms with Crippen molar-refractivity contribution >= 4 is 0 Å². The van der Waals surface area contributed by atoms with E-state index in [-0.39, 0.29) is 11.9 Å². The third-order valence-corrected chi connectivity index (χ3v) is 3.18. The summed E-state index contributed by atoms with van der Waals surface area (Å²) in [4.78, 5) is 0. The van der Waals surface area contributed by atoms with Gasteiger partial charge in [-0.25, -0.2) is 4.39 Å². The van der Waals surface area contributed by atoms with Crippen molar-refractivity contribution in [2.24, 2.45) is 5.73 Å². The highest BCUT2D eigenvalue weighted by Gasteiger charge is 2.15. The molecule has 0 aliphatic carbocycles. The number of benzene rings is 1. The van der Waals surface area contributed by atoms with Gasteiger partial charge in [-0.05, 0) is 25.3 Å². The molecular weight excluding hydrogens is 233 g/mol. The second kappa shape index (κ2) is 6.83. The maximum absolute atomic E-state index is 13.5. The van der Waals surface area contributed by atoms with Crippen LogP contribution in [-0.2, 0) is 9.47 Å². The first-order valence-electron chi connectivity index (χ1n) is 6.46. The number of hydrogen-bond donors (Lipinski definition) is 1. The van der Waals surface area contributed by atoms with Gasteiger partial charge in [-0.2, -0.15) is 0 Å². The van der Waals surface area contributed by atoms with Crippen LogP contribution in [0.25, 0.3) is 0 Å². The molecule has 0 radical (unpaired) electrons. The summed E-state index contributed by atoms with van der Waals surface area (Å²) in [5.74, 6) is -0.275. The lowest BCUT2D eigenvalue weighted by Crippen LogP contribution is -2.27. The Balaban J connectivity index is 1.74. The Labute approximate surface area is 107 Å². The van der Waals surface area contributed by atoms with E-state index in [1.165, 1.54) is 12.5 Å². The molecule has 1 aromatic carbocycles. The molecule has 2 atom stereocenters. The highest BCUT2D eigenvalue weighted by Crippen LogP contribution is 2.16. The minimum absolute atomic E-state index is 0.173. The van der Waals surface area contributed by atoms with Crippen molar-refractivity contribution < 1.29 is 13.9 Å². The summed E-state index contributed by atoms with van der Waals surface area (Å²) in [6.45, 7) is 1.68. The Bertz CT molecular complexity index is 367. The zero-order chi connectivity index (χ0) is 12.8. The normalized spacial score (nSPS) is 21.8. The quantitative estimate of drug-likeness (QED) is 0.876. The third-order valence-electron chi connectivity index (χ3n) is 3.18. The van der Waals surface area contributed by atoms with Gasteiger partial charge in [0.2, 0.25) is 0 Å². The van der Waals surface area contributed by atoms with Crippen molar-refractivity contribution in [3.8, 4) is 0 Å². The maximum Gasteiger partial charge on any atom is 0.128 e. The number of ether oxygens (including phenoxy) is 2. The highest BCUT2D eigenvalue weighted by atomic mass is 19.1. The molecule has 4 heteroatoms. The zero-order valence-electron chi connectivity index (χ0n) is 10.5. The first-order chi connectivity index (χ1) is 8.77. The third kappa shape index (κ3) is 3.77. The van der Waals surface area contributed by atoms with Gasteiger partial charge >= 0.3 is 0 Å². The van der Waals surface area contributed by atoms with E-state index < -0.39 is 6.04 Å². The lowest BCUT2D eigenvalue weighted by atomic mass is 10.1. The molecule has 100 valence electrons. The van der Waals surface area contributed by atoms with Crippen molar-refractivity contribution in [2.45, 2.75) is 31.4 Å². The molecule has 1 aliphatic rings. The lowest BCUT2D eigenvalue weighted by molar-refractivity contribution is -0.0429. The van der Waals surface area contributed by atoms with E-state index in [1.54, 1.807) is 18.2 Å². The number of rotatable bonds is 5. The molecule has 0 bridgehead atoms. The predicted molar refractivity (Wildman–Crippen MR) is 67.7 cm³/mol. The van der Waals surface area contributed by atoms with Crippen molar-refractivity contribution in [2.75, 3.05) is 19.8 Å². The fourth-order valence-corrected chi connectivity index (χ4v) is 2.13. The fourth-order valence-electron chi connectivity index (χ4n) is 2.13. The van der Waals surface area contributed by atoms with E-state index in [9.17, 15) is 4.39 Å². The lowest BCUT2D eigenvalue weighted by Gasteiger charge is -2.23. The number of hydrogen-bond acceptors (Lipinski definition) is 3. The van der Waals surface area contributed by atoms with Crippen LogP contribution in [0.2, 0.25) is 0 Å². The van der Waals surface area contributed by atoms with Crippen LogP contribution in [0.4, 0.5) is 4.39 Å². The molecule has 2 N–H and O–H groups in total. The van der Waals surface area contributed by atoms with Crippen molar-refractivity contribution in [3.63, 3.8) is 0 Å². The molecule has 2 unspecified atom stereocenters. The molecule has 3 nitrogen and oxygen atoms in total. The summed E-state index contributed by atoms with van der Waals surface area (Å²) in [5.41, 5.74) is 6.41. The molecule has 1 heterocycles. The largest absolute Gasteiger partial charge is 0.377 e. The van der Waals surface area contributed by atoms with E-state index in [1.807, 2.05) is 0 Å². The Hall–Kier alpha value is -0.970. The Morgan fingerprint density at radius 2 is 2.22 bits per heavy atom. The van der Waals surface area contributed by atoms with Gasteiger partial charge in [0.15, 0.2) is 0 Å². The Morgan fingerprint density at radius 1 is 1.39 bits per heavy atom. The molecule has 1 fully saturated rings. The van der Waals surface area contributed by atoms with Crippen LogP contribution in [0.3, 0.4) is 0 Å². The second-order valence-corrected chi connectivity index (χ2v) is 4.65. The van der Waals surface area contributed by atoms with Crippen LogP contribution in [-0.4, -0.2) is 25.9 Å². The van der Waals surface area contributed by atoms with Crippen molar-refractivity contribution in [1.82, 2.24) is 0 Å². The Kier molecular flexibility index (Phi) is 5.11. The standard InChI is InChI=1S/C14H20FNO2/c15-13-7-2-1-6-12(13)14(16)10-17-9-11-5-3-4-8-18-11/h1-2,6-7,11,14H,3-5,8-10,16H2. The smallest absolute Gasteiger partial charge is 0.128 e. The highest BCUT2D eigenvalue weighted by molar-refractivity contribution is 5.20. The van der Waals surface area contributed by atoms with Crippen molar-refractivity contribution in [3.05, 3.63) is 35.6 Å². The van der Waals surface area contributed by atoms with E-state index in [0.717, 1.165) is 19.4 Å². The summed E-state index contributed by atoms with van der Waals surface area (Å²) >= 11 is 0. The van der Waals surface area contributed by atoms with Crippen LogP contribution in [0.15, 0.2) is 24.3 Å². The summed E-state index contributed by atoms with van der Waals surface area (Å²) in [6.07, 6.45) is 3.53. The number of halogens is 1. The van der Waals surface area contributed by atoms with E-state index in [2.05, 4.69) is 0 Å². The molecule has 0 amide bonds. The predicted octanol–water partition coefficient (Wildman–Crippen LogP) is 2.41. The topological polar surface area (TPSA) is 44.5 Å².